The van der Waals surface area contributed by atoms with Gasteiger partial charge in [-0.1, -0.05) is 0 Å². The predicted octanol–water partition coefficient (Wildman–Crippen LogP) is -1.57. The minimum atomic E-state index is -0.983. The molecule has 2 aromatic heterocycles. The normalized spacial score (nSPS) is 9.80. The van der Waals surface area contributed by atoms with Crippen LogP contribution in [-0.4, -0.2) is 19.1 Å². The van der Waals surface area contributed by atoms with Crippen LogP contribution in [0.5, 0.6) is 0 Å². The molecule has 0 atom stereocenters. The zero-order chi connectivity index (χ0) is 15.4. The first-order chi connectivity index (χ1) is 9.22. The second-order valence-electron chi connectivity index (χ2n) is 3.69. The van der Waals surface area contributed by atoms with E-state index in [0.29, 0.717) is 0 Å². The summed E-state index contributed by atoms with van der Waals surface area (Å²) in [5.41, 5.74) is -3.20. The largest absolute Gasteiger partial charge is 0.328 e. The fourth-order valence-electron chi connectivity index (χ4n) is 1.06. The maximum atomic E-state index is 12.3. The Hall–Kier alpha value is -2.78. The number of aryl methyl sites for hydroxylation is 2. The highest BCUT2D eigenvalue weighted by atomic mass is 19.1. The van der Waals surface area contributed by atoms with E-state index >= 15 is 0 Å². The lowest BCUT2D eigenvalue weighted by Crippen LogP contribution is -2.29. The van der Waals surface area contributed by atoms with Gasteiger partial charge in [-0.3, -0.25) is 19.6 Å². The van der Waals surface area contributed by atoms with Crippen LogP contribution in [0.1, 0.15) is 0 Å². The maximum absolute atomic E-state index is 12.3. The summed E-state index contributed by atoms with van der Waals surface area (Å²) < 4.78 is 26.4. The number of aromatic nitrogens is 4. The highest BCUT2D eigenvalue weighted by molar-refractivity contribution is 4.86. The van der Waals surface area contributed by atoms with Gasteiger partial charge in [0.05, 0.1) is 0 Å². The number of hydrogen-bond acceptors (Lipinski definition) is 4. The van der Waals surface area contributed by atoms with Crippen LogP contribution in [0.4, 0.5) is 8.78 Å². The Morgan fingerprint density at radius 1 is 0.800 bits per heavy atom. The first kappa shape index (κ1) is 15.3. The summed E-state index contributed by atoms with van der Waals surface area (Å²) in [6.07, 6.45) is 1.67. The van der Waals surface area contributed by atoms with E-state index in [0.717, 1.165) is 21.5 Å². The number of aromatic amines is 2. The third-order valence-electron chi connectivity index (χ3n) is 2.13. The molecule has 0 aromatic carbocycles. The van der Waals surface area contributed by atoms with Crippen LogP contribution in [0.3, 0.4) is 0 Å². The lowest BCUT2D eigenvalue weighted by molar-refractivity contribution is 0.576. The Balaban J connectivity index is 0.000000200. The van der Waals surface area contributed by atoms with Gasteiger partial charge >= 0.3 is 11.4 Å². The van der Waals surface area contributed by atoms with E-state index in [1.165, 1.54) is 14.1 Å². The molecule has 2 aromatic rings. The van der Waals surface area contributed by atoms with Gasteiger partial charge in [0, 0.05) is 26.5 Å². The van der Waals surface area contributed by atoms with Crippen molar-refractivity contribution in [3.63, 3.8) is 0 Å². The van der Waals surface area contributed by atoms with E-state index in [4.69, 9.17) is 0 Å². The molecule has 10 heteroatoms. The number of nitrogens with zero attached hydrogens (tertiary/aromatic N) is 2. The van der Waals surface area contributed by atoms with Crippen LogP contribution in [0.25, 0.3) is 0 Å². The van der Waals surface area contributed by atoms with Gasteiger partial charge < -0.3 is 9.13 Å². The summed E-state index contributed by atoms with van der Waals surface area (Å²) in [6, 6.07) is 0. The molecule has 2 heterocycles. The first-order valence-electron chi connectivity index (χ1n) is 5.13. The lowest BCUT2D eigenvalue weighted by atomic mass is 10.6. The van der Waals surface area contributed by atoms with Crippen molar-refractivity contribution in [1.82, 2.24) is 19.1 Å². The van der Waals surface area contributed by atoms with Gasteiger partial charge in [0.25, 0.3) is 11.1 Å². The summed E-state index contributed by atoms with van der Waals surface area (Å²) >= 11 is 0. The van der Waals surface area contributed by atoms with Crippen molar-refractivity contribution in [1.29, 1.82) is 0 Å². The molecule has 0 aliphatic carbocycles. The zero-order valence-electron chi connectivity index (χ0n) is 10.4. The molecular formula is C10H10F2N4O4. The second kappa shape index (κ2) is 5.91. The van der Waals surface area contributed by atoms with E-state index < -0.39 is 34.1 Å². The molecule has 0 saturated heterocycles. The van der Waals surface area contributed by atoms with Gasteiger partial charge in [0.2, 0.25) is 11.6 Å². The molecule has 8 nitrogen and oxygen atoms in total. The molecule has 2 rings (SSSR count). The third-order valence-corrected chi connectivity index (χ3v) is 2.13. The first-order valence-corrected chi connectivity index (χ1v) is 5.13. The van der Waals surface area contributed by atoms with Gasteiger partial charge in [-0.25, -0.2) is 9.59 Å². The van der Waals surface area contributed by atoms with Gasteiger partial charge in [-0.2, -0.15) is 8.78 Å². The van der Waals surface area contributed by atoms with Gasteiger partial charge in [-0.05, 0) is 0 Å². The van der Waals surface area contributed by atoms with Crippen molar-refractivity contribution < 1.29 is 8.78 Å². The molecular weight excluding hydrogens is 278 g/mol. The lowest BCUT2D eigenvalue weighted by Gasteiger charge is -1.92. The second-order valence-corrected chi connectivity index (χ2v) is 3.69. The molecule has 108 valence electrons. The molecule has 0 unspecified atom stereocenters. The minimum Gasteiger partial charge on any atom is -0.301 e. The minimum absolute atomic E-state index is 0.619. The van der Waals surface area contributed by atoms with Crippen molar-refractivity contribution in [2.75, 3.05) is 0 Å². The quantitative estimate of drug-likeness (QED) is 0.610. The fourth-order valence-corrected chi connectivity index (χ4v) is 1.06. The SMILES string of the molecule is Cn1cc(F)c(=O)[nH]c1=O.Cn1cc(F)c(=O)[nH]c1=O. The molecule has 0 fully saturated rings. The Labute approximate surface area is 108 Å². The van der Waals surface area contributed by atoms with Crippen LogP contribution in [0, 0.1) is 11.6 Å². The molecule has 0 spiro atoms. The molecule has 0 aliphatic rings. The summed E-state index contributed by atoms with van der Waals surface area (Å²) in [5.74, 6) is -1.91. The molecule has 0 saturated carbocycles. The summed E-state index contributed by atoms with van der Waals surface area (Å²) in [4.78, 5) is 45.3. The molecule has 20 heavy (non-hydrogen) atoms. The van der Waals surface area contributed by atoms with Crippen molar-refractivity contribution in [2.24, 2.45) is 14.1 Å². The number of rotatable bonds is 0. The smallest absolute Gasteiger partial charge is 0.301 e. The van der Waals surface area contributed by atoms with Crippen molar-refractivity contribution in [2.45, 2.75) is 0 Å². The maximum Gasteiger partial charge on any atom is 0.328 e. The van der Waals surface area contributed by atoms with Crippen LogP contribution >= 0.6 is 0 Å². The number of halogens is 2. The van der Waals surface area contributed by atoms with Crippen LogP contribution in [0.15, 0.2) is 31.6 Å². The zero-order valence-corrected chi connectivity index (χ0v) is 10.4. The van der Waals surface area contributed by atoms with Crippen LogP contribution < -0.4 is 22.5 Å². The van der Waals surface area contributed by atoms with E-state index in [-0.39, 0.29) is 0 Å². The summed E-state index contributed by atoms with van der Waals surface area (Å²) in [5, 5.41) is 0. The number of hydrogen-bond donors (Lipinski definition) is 2. The van der Waals surface area contributed by atoms with Gasteiger partial charge in [0.1, 0.15) is 0 Å². The Bertz CT molecular complexity index is 712. The monoisotopic (exact) mass is 288 g/mol. The Morgan fingerprint density at radius 3 is 1.35 bits per heavy atom. The molecule has 0 amide bonds. The van der Waals surface area contributed by atoms with Crippen molar-refractivity contribution in [3.8, 4) is 0 Å². The van der Waals surface area contributed by atoms with Crippen LogP contribution in [-0.2, 0) is 14.1 Å². The highest BCUT2D eigenvalue weighted by Gasteiger charge is 1.98. The van der Waals surface area contributed by atoms with E-state index in [9.17, 15) is 28.0 Å². The van der Waals surface area contributed by atoms with Gasteiger partial charge in [-0.15, -0.1) is 0 Å². The van der Waals surface area contributed by atoms with Crippen LogP contribution in [0.2, 0.25) is 0 Å². The standard InChI is InChI=1S/2C5H5FN2O2/c2*1-8-2-3(6)4(9)7-5(8)10/h2*2H,1H3,(H,7,9,10). The van der Waals surface area contributed by atoms with E-state index in [2.05, 4.69) is 0 Å². The van der Waals surface area contributed by atoms with Crippen molar-refractivity contribution >= 4 is 0 Å². The van der Waals surface area contributed by atoms with Crippen molar-refractivity contribution in [3.05, 3.63) is 65.7 Å². The average Bonchev–Trinajstić information content (AvgIpc) is 2.35. The van der Waals surface area contributed by atoms with E-state index in [1.807, 2.05) is 0 Å². The average molecular weight is 288 g/mol. The Morgan fingerprint density at radius 2 is 1.10 bits per heavy atom. The molecule has 0 aliphatic heterocycles. The predicted molar refractivity (Wildman–Crippen MR) is 64.5 cm³/mol. The molecule has 0 radical (unpaired) electrons. The fraction of sp³-hybridized carbons (Fsp3) is 0.200. The molecule has 0 bridgehead atoms. The van der Waals surface area contributed by atoms with Gasteiger partial charge in [0.15, 0.2) is 0 Å². The summed E-state index contributed by atoms with van der Waals surface area (Å²) in [6.45, 7) is 0. The number of nitrogens with one attached hydrogen (secondary N) is 2. The third kappa shape index (κ3) is 3.60. The topological polar surface area (TPSA) is 110 Å². The highest BCUT2D eigenvalue weighted by Crippen LogP contribution is 1.79. The molecule has 2 N–H and O–H groups in total. The van der Waals surface area contributed by atoms with E-state index in [1.54, 1.807) is 9.97 Å². The summed E-state index contributed by atoms with van der Waals surface area (Å²) in [7, 11) is 2.70. The Kier molecular flexibility index (Phi) is 4.51. The number of H-pyrrole nitrogens is 2.